The molecule has 20 heavy (non-hydrogen) atoms. The van der Waals surface area contributed by atoms with Crippen molar-refractivity contribution in [3.05, 3.63) is 21.9 Å². The van der Waals surface area contributed by atoms with E-state index in [4.69, 9.17) is 0 Å². The van der Waals surface area contributed by atoms with Gasteiger partial charge in [-0.25, -0.2) is 0 Å². The predicted octanol–water partition coefficient (Wildman–Crippen LogP) is 1.95. The molecule has 0 spiro atoms. The van der Waals surface area contributed by atoms with Gasteiger partial charge in [0.1, 0.15) is 0 Å². The van der Waals surface area contributed by atoms with Gasteiger partial charge in [-0.05, 0) is 37.9 Å². The monoisotopic (exact) mass is 294 g/mol. The normalized spacial score (nSPS) is 19.8. The van der Waals surface area contributed by atoms with Gasteiger partial charge in [0.2, 0.25) is 5.91 Å². The van der Waals surface area contributed by atoms with Crippen molar-refractivity contribution in [2.75, 3.05) is 26.7 Å². The van der Waals surface area contributed by atoms with Crippen LogP contribution in [0.5, 0.6) is 0 Å². The molecule has 1 aromatic heterocycles. The third-order valence-electron chi connectivity index (χ3n) is 3.77. The Kier molecular flexibility index (Phi) is 5.31. The largest absolute Gasteiger partial charge is 0.359 e. The number of carbonyl (C=O) groups is 2. The first kappa shape index (κ1) is 15.2. The molecule has 0 aliphatic carbocycles. The SMILES string of the molecule is CCc1ccc(C(=O)CN2CCCC(C(=O)NC)C2)s1. The zero-order chi connectivity index (χ0) is 14.5. The number of thiophene rings is 1. The summed E-state index contributed by atoms with van der Waals surface area (Å²) in [5, 5.41) is 2.70. The van der Waals surface area contributed by atoms with Gasteiger partial charge in [0.25, 0.3) is 0 Å². The molecule has 1 aliphatic heterocycles. The van der Waals surface area contributed by atoms with Crippen LogP contribution in [0.2, 0.25) is 0 Å². The zero-order valence-electron chi connectivity index (χ0n) is 12.1. The van der Waals surface area contributed by atoms with E-state index in [-0.39, 0.29) is 17.6 Å². The molecule has 0 bridgehead atoms. The second-order valence-electron chi connectivity index (χ2n) is 5.23. The van der Waals surface area contributed by atoms with Gasteiger partial charge in [-0.15, -0.1) is 11.3 Å². The number of hydrogen-bond donors (Lipinski definition) is 1. The predicted molar refractivity (Wildman–Crippen MR) is 81.3 cm³/mol. The molecule has 0 radical (unpaired) electrons. The van der Waals surface area contributed by atoms with E-state index in [0.717, 1.165) is 30.7 Å². The Morgan fingerprint density at radius 3 is 2.90 bits per heavy atom. The molecular weight excluding hydrogens is 272 g/mol. The van der Waals surface area contributed by atoms with Crippen LogP contribution >= 0.6 is 11.3 Å². The molecule has 1 fully saturated rings. The van der Waals surface area contributed by atoms with Crippen molar-refractivity contribution in [2.24, 2.45) is 5.92 Å². The molecule has 2 rings (SSSR count). The maximum atomic E-state index is 12.3. The Morgan fingerprint density at radius 2 is 2.25 bits per heavy atom. The summed E-state index contributed by atoms with van der Waals surface area (Å²) in [6, 6.07) is 3.95. The Balaban J connectivity index is 1.92. The summed E-state index contributed by atoms with van der Waals surface area (Å²) in [6.45, 7) is 4.12. The molecule has 1 aromatic rings. The lowest BCUT2D eigenvalue weighted by Crippen LogP contribution is -2.43. The highest BCUT2D eigenvalue weighted by Crippen LogP contribution is 2.20. The summed E-state index contributed by atoms with van der Waals surface area (Å²) in [4.78, 5) is 28.1. The number of Topliss-reactive ketones (excluding diaryl/α,β-unsaturated/α-hetero) is 1. The van der Waals surface area contributed by atoms with Crippen molar-refractivity contribution in [3.63, 3.8) is 0 Å². The second kappa shape index (κ2) is 6.99. The number of hydrogen-bond acceptors (Lipinski definition) is 4. The Hall–Kier alpha value is -1.20. The molecule has 1 amide bonds. The average molecular weight is 294 g/mol. The van der Waals surface area contributed by atoms with Gasteiger partial charge >= 0.3 is 0 Å². The third kappa shape index (κ3) is 3.67. The van der Waals surface area contributed by atoms with Crippen LogP contribution in [0.3, 0.4) is 0 Å². The third-order valence-corrected chi connectivity index (χ3v) is 5.05. The molecule has 0 aromatic carbocycles. The van der Waals surface area contributed by atoms with E-state index in [1.165, 1.54) is 4.88 Å². The van der Waals surface area contributed by atoms with Crippen LogP contribution in [-0.4, -0.2) is 43.3 Å². The van der Waals surface area contributed by atoms with Gasteiger partial charge < -0.3 is 5.32 Å². The number of ketones is 1. The molecule has 110 valence electrons. The lowest BCUT2D eigenvalue weighted by molar-refractivity contribution is -0.126. The van der Waals surface area contributed by atoms with E-state index in [0.29, 0.717) is 13.1 Å². The van der Waals surface area contributed by atoms with Crippen molar-refractivity contribution >= 4 is 23.0 Å². The van der Waals surface area contributed by atoms with E-state index in [1.54, 1.807) is 18.4 Å². The first-order valence-corrected chi connectivity index (χ1v) is 8.01. The molecular formula is C15H22N2O2S. The van der Waals surface area contributed by atoms with Crippen LogP contribution in [0.1, 0.15) is 34.3 Å². The Morgan fingerprint density at radius 1 is 1.45 bits per heavy atom. The van der Waals surface area contributed by atoms with Gasteiger partial charge in [0, 0.05) is 18.5 Å². The fourth-order valence-corrected chi connectivity index (χ4v) is 3.49. The van der Waals surface area contributed by atoms with Crippen LogP contribution in [0.4, 0.5) is 0 Å². The number of nitrogens with one attached hydrogen (secondary N) is 1. The van der Waals surface area contributed by atoms with Crippen molar-refractivity contribution in [3.8, 4) is 0 Å². The standard InChI is InChI=1S/C15H22N2O2S/c1-3-12-6-7-14(20-12)13(18)10-17-8-4-5-11(9-17)15(19)16-2/h6-7,11H,3-5,8-10H2,1-2H3,(H,16,19). The van der Waals surface area contributed by atoms with E-state index in [1.807, 2.05) is 12.1 Å². The van der Waals surface area contributed by atoms with E-state index in [2.05, 4.69) is 17.1 Å². The lowest BCUT2D eigenvalue weighted by atomic mass is 9.97. The van der Waals surface area contributed by atoms with Crippen molar-refractivity contribution in [1.82, 2.24) is 10.2 Å². The first-order chi connectivity index (χ1) is 9.63. The highest BCUT2D eigenvalue weighted by molar-refractivity contribution is 7.14. The van der Waals surface area contributed by atoms with Crippen molar-refractivity contribution in [1.29, 1.82) is 0 Å². The summed E-state index contributed by atoms with van der Waals surface area (Å²) in [5.41, 5.74) is 0. The van der Waals surface area contributed by atoms with E-state index in [9.17, 15) is 9.59 Å². The summed E-state index contributed by atoms with van der Waals surface area (Å²) in [6.07, 6.45) is 2.87. The molecule has 5 heteroatoms. The Labute approximate surface area is 124 Å². The van der Waals surface area contributed by atoms with Gasteiger partial charge in [0.15, 0.2) is 5.78 Å². The molecule has 1 atom stereocenters. The molecule has 2 heterocycles. The molecule has 1 unspecified atom stereocenters. The summed E-state index contributed by atoms with van der Waals surface area (Å²) < 4.78 is 0. The molecule has 1 aliphatic rings. The van der Waals surface area contributed by atoms with Gasteiger partial charge in [-0.1, -0.05) is 6.92 Å². The fourth-order valence-electron chi connectivity index (χ4n) is 2.62. The minimum Gasteiger partial charge on any atom is -0.359 e. The summed E-state index contributed by atoms with van der Waals surface area (Å²) in [7, 11) is 1.67. The highest BCUT2D eigenvalue weighted by Gasteiger charge is 2.26. The maximum Gasteiger partial charge on any atom is 0.224 e. The van der Waals surface area contributed by atoms with Crippen molar-refractivity contribution < 1.29 is 9.59 Å². The van der Waals surface area contributed by atoms with Crippen LogP contribution in [0, 0.1) is 5.92 Å². The van der Waals surface area contributed by atoms with E-state index >= 15 is 0 Å². The summed E-state index contributed by atoms with van der Waals surface area (Å²) in [5.74, 6) is 0.287. The number of amides is 1. The quantitative estimate of drug-likeness (QED) is 0.845. The van der Waals surface area contributed by atoms with Crippen LogP contribution < -0.4 is 5.32 Å². The van der Waals surface area contributed by atoms with Crippen LogP contribution in [0.25, 0.3) is 0 Å². The second-order valence-corrected chi connectivity index (χ2v) is 6.40. The van der Waals surface area contributed by atoms with Crippen LogP contribution in [0.15, 0.2) is 12.1 Å². The lowest BCUT2D eigenvalue weighted by Gasteiger charge is -2.31. The molecule has 1 N–H and O–H groups in total. The number of rotatable bonds is 5. The number of piperidine rings is 1. The molecule has 0 saturated carbocycles. The summed E-state index contributed by atoms with van der Waals surface area (Å²) >= 11 is 1.59. The number of likely N-dealkylation sites (tertiary alicyclic amines) is 1. The van der Waals surface area contributed by atoms with Crippen LogP contribution in [-0.2, 0) is 11.2 Å². The van der Waals surface area contributed by atoms with Gasteiger partial charge in [-0.3, -0.25) is 14.5 Å². The number of nitrogens with zero attached hydrogens (tertiary/aromatic N) is 1. The highest BCUT2D eigenvalue weighted by atomic mass is 32.1. The maximum absolute atomic E-state index is 12.3. The fraction of sp³-hybridized carbons (Fsp3) is 0.600. The average Bonchev–Trinajstić information content (AvgIpc) is 2.95. The smallest absolute Gasteiger partial charge is 0.224 e. The zero-order valence-corrected chi connectivity index (χ0v) is 13.0. The minimum atomic E-state index is 0.0242. The minimum absolute atomic E-state index is 0.0242. The molecule has 1 saturated heterocycles. The Bertz CT molecular complexity index is 484. The number of aryl methyl sites for hydroxylation is 1. The van der Waals surface area contributed by atoms with Gasteiger partial charge in [-0.2, -0.15) is 0 Å². The first-order valence-electron chi connectivity index (χ1n) is 7.20. The topological polar surface area (TPSA) is 49.4 Å². The van der Waals surface area contributed by atoms with Gasteiger partial charge in [0.05, 0.1) is 17.3 Å². The van der Waals surface area contributed by atoms with E-state index < -0.39 is 0 Å². The molecule has 4 nitrogen and oxygen atoms in total. The van der Waals surface area contributed by atoms with Crippen molar-refractivity contribution in [2.45, 2.75) is 26.2 Å². The number of carbonyl (C=O) groups excluding carboxylic acids is 2.